The number of carboxylic acid groups (broad SMARTS) is 1. The van der Waals surface area contributed by atoms with Crippen molar-refractivity contribution in [3.8, 4) is 0 Å². The van der Waals surface area contributed by atoms with Gasteiger partial charge in [-0.3, -0.25) is 4.79 Å². The Labute approximate surface area is 127 Å². The Kier molecular flexibility index (Phi) is 4.21. The fourth-order valence-electron chi connectivity index (χ4n) is 3.19. The summed E-state index contributed by atoms with van der Waals surface area (Å²) in [4.78, 5) is 16.9. The Morgan fingerprint density at radius 2 is 2.35 bits per heavy atom. The highest BCUT2D eigenvalue weighted by Crippen LogP contribution is 2.40. The van der Waals surface area contributed by atoms with Crippen LogP contribution in [-0.2, 0) is 11.2 Å². The van der Waals surface area contributed by atoms with Crippen LogP contribution in [0.5, 0.6) is 0 Å². The van der Waals surface area contributed by atoms with Gasteiger partial charge in [0.15, 0.2) is 5.13 Å². The predicted molar refractivity (Wildman–Crippen MR) is 84.0 cm³/mol. The molecule has 6 heteroatoms. The van der Waals surface area contributed by atoms with Crippen molar-refractivity contribution in [3.63, 3.8) is 0 Å². The molecule has 0 radical (unpaired) electrons. The number of carboxylic acids is 1. The minimum absolute atomic E-state index is 0.388. The normalized spacial score (nSPS) is 28.6. The first-order valence-corrected chi connectivity index (χ1v) is 9.16. The summed E-state index contributed by atoms with van der Waals surface area (Å²) in [5.74, 6) is 0.0280. The molecule has 110 valence electrons. The smallest absolute Gasteiger partial charge is 0.312 e. The molecule has 3 atom stereocenters. The largest absolute Gasteiger partial charge is 0.481 e. The number of hydrogen-bond acceptors (Lipinski definition) is 5. The Bertz CT molecular complexity index is 503. The fraction of sp³-hybridized carbons (Fsp3) is 0.714. The lowest BCUT2D eigenvalue weighted by molar-refractivity contribution is -0.138. The van der Waals surface area contributed by atoms with Gasteiger partial charge < -0.3 is 10.4 Å². The summed E-state index contributed by atoms with van der Waals surface area (Å²) in [6, 6.07) is 0.495. The monoisotopic (exact) mass is 312 g/mol. The first-order valence-electron chi connectivity index (χ1n) is 7.29. The first kappa shape index (κ1) is 14.2. The zero-order valence-electron chi connectivity index (χ0n) is 11.6. The number of carbonyl (C=O) groups is 1. The van der Waals surface area contributed by atoms with E-state index in [1.807, 2.05) is 11.8 Å². The molecular formula is C14H20N2O2S2. The van der Waals surface area contributed by atoms with Crippen molar-refractivity contribution in [2.75, 3.05) is 11.1 Å². The Morgan fingerprint density at radius 1 is 1.50 bits per heavy atom. The number of anilines is 1. The van der Waals surface area contributed by atoms with Crippen LogP contribution in [0.2, 0.25) is 0 Å². The molecule has 1 fully saturated rings. The summed E-state index contributed by atoms with van der Waals surface area (Å²) in [5.41, 5.74) is 0.808. The van der Waals surface area contributed by atoms with E-state index in [1.54, 1.807) is 11.3 Å². The molecule has 1 heterocycles. The van der Waals surface area contributed by atoms with Crippen molar-refractivity contribution in [1.29, 1.82) is 0 Å². The van der Waals surface area contributed by atoms with Crippen molar-refractivity contribution in [2.24, 2.45) is 0 Å². The van der Waals surface area contributed by atoms with Gasteiger partial charge in [0.25, 0.3) is 0 Å². The molecule has 3 rings (SSSR count). The van der Waals surface area contributed by atoms with Crippen molar-refractivity contribution in [2.45, 2.75) is 56.2 Å². The average molecular weight is 312 g/mol. The minimum Gasteiger partial charge on any atom is -0.481 e. The van der Waals surface area contributed by atoms with Gasteiger partial charge in [0.05, 0.1) is 5.69 Å². The molecule has 0 bridgehead atoms. The number of hydrogen-bond donors (Lipinski definition) is 2. The summed E-state index contributed by atoms with van der Waals surface area (Å²) in [6.45, 7) is 2.20. The summed E-state index contributed by atoms with van der Waals surface area (Å²) < 4.78 is 0. The van der Waals surface area contributed by atoms with Gasteiger partial charge in [-0.05, 0) is 31.4 Å². The van der Waals surface area contributed by atoms with Gasteiger partial charge in [-0.2, -0.15) is 11.8 Å². The minimum atomic E-state index is -0.735. The number of aromatic nitrogens is 1. The van der Waals surface area contributed by atoms with Crippen molar-refractivity contribution in [3.05, 3.63) is 10.6 Å². The third-order valence-electron chi connectivity index (χ3n) is 4.16. The van der Waals surface area contributed by atoms with Crippen molar-refractivity contribution >= 4 is 34.2 Å². The van der Waals surface area contributed by atoms with E-state index in [9.17, 15) is 9.90 Å². The highest BCUT2D eigenvalue weighted by Gasteiger charge is 2.33. The predicted octanol–water partition coefficient (Wildman–Crippen LogP) is 3.34. The molecule has 1 saturated carbocycles. The van der Waals surface area contributed by atoms with E-state index in [-0.39, 0.29) is 5.92 Å². The second kappa shape index (κ2) is 5.93. The maximum Gasteiger partial charge on any atom is 0.312 e. The first-order chi connectivity index (χ1) is 9.69. The Hall–Kier alpha value is -0.750. The third-order valence-corrected chi connectivity index (χ3v) is 6.55. The quantitative estimate of drug-likeness (QED) is 0.873. The third kappa shape index (κ3) is 2.68. The molecule has 0 aliphatic heterocycles. The van der Waals surface area contributed by atoms with Gasteiger partial charge in [0.2, 0.25) is 0 Å². The lowest BCUT2D eigenvalue weighted by Crippen LogP contribution is -2.26. The highest BCUT2D eigenvalue weighted by molar-refractivity contribution is 7.99. The van der Waals surface area contributed by atoms with Crippen LogP contribution in [0.25, 0.3) is 0 Å². The molecule has 0 aromatic carbocycles. The molecule has 2 aliphatic rings. The average Bonchev–Trinajstić information content (AvgIpc) is 3.06. The maximum atomic E-state index is 11.2. The van der Waals surface area contributed by atoms with E-state index in [2.05, 4.69) is 17.2 Å². The zero-order valence-corrected chi connectivity index (χ0v) is 13.2. The molecule has 2 aliphatic carbocycles. The zero-order chi connectivity index (χ0) is 14.1. The molecule has 2 N–H and O–H groups in total. The van der Waals surface area contributed by atoms with Crippen LogP contribution in [0.15, 0.2) is 0 Å². The van der Waals surface area contributed by atoms with Crippen LogP contribution < -0.4 is 5.32 Å². The van der Waals surface area contributed by atoms with Crippen LogP contribution in [0.4, 0.5) is 5.13 Å². The van der Waals surface area contributed by atoms with Crippen LogP contribution in [0, 0.1) is 0 Å². The fourth-order valence-corrected chi connectivity index (χ4v) is 5.49. The van der Waals surface area contributed by atoms with E-state index in [4.69, 9.17) is 0 Å². The van der Waals surface area contributed by atoms with E-state index >= 15 is 0 Å². The SMILES string of the molecule is CCSC1CCCC1Nc1nc2c(s1)CCC2C(=O)O. The number of thioether (sulfide) groups is 1. The summed E-state index contributed by atoms with van der Waals surface area (Å²) in [6.07, 6.45) is 5.33. The van der Waals surface area contributed by atoms with Gasteiger partial charge in [-0.15, -0.1) is 11.3 Å². The molecule has 4 nitrogen and oxygen atoms in total. The van der Waals surface area contributed by atoms with Crippen LogP contribution in [0.3, 0.4) is 0 Å². The van der Waals surface area contributed by atoms with Crippen molar-refractivity contribution < 1.29 is 9.90 Å². The maximum absolute atomic E-state index is 11.2. The number of rotatable bonds is 5. The van der Waals surface area contributed by atoms with E-state index in [0.717, 1.165) is 27.9 Å². The van der Waals surface area contributed by atoms with E-state index in [1.165, 1.54) is 19.3 Å². The standard InChI is InChI=1S/C14H20N2O2S2/c1-2-19-10-5-3-4-9(10)15-14-16-12-8(13(17)18)6-7-11(12)20-14/h8-10H,2-7H2,1H3,(H,15,16)(H,17,18). The summed E-state index contributed by atoms with van der Waals surface area (Å²) in [7, 11) is 0. The number of thiazole rings is 1. The number of nitrogens with one attached hydrogen (secondary N) is 1. The van der Waals surface area contributed by atoms with Gasteiger partial charge in [-0.1, -0.05) is 13.3 Å². The highest BCUT2D eigenvalue weighted by atomic mass is 32.2. The Morgan fingerprint density at radius 3 is 3.10 bits per heavy atom. The van der Waals surface area contributed by atoms with E-state index < -0.39 is 5.97 Å². The van der Waals surface area contributed by atoms with Gasteiger partial charge >= 0.3 is 5.97 Å². The molecule has 3 unspecified atom stereocenters. The van der Waals surface area contributed by atoms with Crippen molar-refractivity contribution in [1.82, 2.24) is 4.98 Å². The number of aliphatic carboxylic acids is 1. The van der Waals surface area contributed by atoms with Crippen LogP contribution in [0.1, 0.15) is 49.1 Å². The summed E-state index contributed by atoms with van der Waals surface area (Å²) >= 11 is 3.68. The molecule has 20 heavy (non-hydrogen) atoms. The topological polar surface area (TPSA) is 62.2 Å². The number of fused-ring (bicyclic) bond motifs is 1. The Balaban J connectivity index is 1.70. The molecule has 0 saturated heterocycles. The second-order valence-electron chi connectivity index (χ2n) is 5.43. The molecule has 0 amide bonds. The van der Waals surface area contributed by atoms with Crippen LogP contribution in [-0.4, -0.2) is 33.1 Å². The number of aryl methyl sites for hydroxylation is 1. The van der Waals surface area contributed by atoms with Gasteiger partial charge in [-0.25, -0.2) is 4.98 Å². The molecular weight excluding hydrogens is 292 g/mol. The lowest BCUT2D eigenvalue weighted by atomic mass is 10.1. The second-order valence-corrected chi connectivity index (χ2v) is 8.03. The summed E-state index contributed by atoms with van der Waals surface area (Å²) in [5, 5.41) is 14.4. The van der Waals surface area contributed by atoms with Crippen LogP contribution >= 0.6 is 23.1 Å². The molecule has 1 aromatic rings. The molecule has 1 aromatic heterocycles. The number of nitrogens with zero attached hydrogens (tertiary/aromatic N) is 1. The lowest BCUT2D eigenvalue weighted by Gasteiger charge is -2.19. The van der Waals surface area contributed by atoms with Gasteiger partial charge in [0, 0.05) is 16.2 Å². The molecule has 0 spiro atoms. The van der Waals surface area contributed by atoms with E-state index in [0.29, 0.717) is 17.7 Å². The van der Waals surface area contributed by atoms with Gasteiger partial charge in [0.1, 0.15) is 5.92 Å².